The summed E-state index contributed by atoms with van der Waals surface area (Å²) in [5.74, 6) is 0.858. The molecule has 0 N–H and O–H groups in total. The molecule has 132 valence electrons. The molecule has 25 heavy (non-hydrogen) atoms. The third-order valence-electron chi connectivity index (χ3n) is 5.14. The van der Waals surface area contributed by atoms with Crippen LogP contribution in [0.25, 0.3) is 0 Å². The quantitative estimate of drug-likeness (QED) is 0.835. The lowest BCUT2D eigenvalue weighted by atomic mass is 9.84. The van der Waals surface area contributed by atoms with Crippen molar-refractivity contribution in [1.29, 1.82) is 0 Å². The van der Waals surface area contributed by atoms with Gasteiger partial charge in [-0.2, -0.15) is 4.31 Å². The topological polar surface area (TPSA) is 68.6 Å². The van der Waals surface area contributed by atoms with Crippen molar-refractivity contribution in [2.75, 3.05) is 20.2 Å². The summed E-state index contributed by atoms with van der Waals surface area (Å²) in [6.07, 6.45) is 0.929. The molecular weight excluding hydrogens is 340 g/mol. The summed E-state index contributed by atoms with van der Waals surface area (Å²) in [5, 5.41) is 0. The average Bonchev–Trinajstić information content (AvgIpc) is 2.62. The van der Waals surface area contributed by atoms with Crippen LogP contribution in [0, 0.1) is 5.92 Å². The minimum Gasteiger partial charge on any atom is -0.497 e. The number of ether oxygens (including phenoxy) is 1. The maximum atomic E-state index is 13.0. The fraction of sp³-hybridized carbons (Fsp3) is 0.389. The summed E-state index contributed by atoms with van der Waals surface area (Å²) in [6.45, 7) is 1.44. The Hall–Kier alpha value is -2.12. The molecule has 0 radical (unpaired) electrons. The van der Waals surface area contributed by atoms with Crippen LogP contribution < -0.4 is 10.3 Å². The van der Waals surface area contributed by atoms with Gasteiger partial charge in [0.2, 0.25) is 10.0 Å². The second-order valence-corrected chi connectivity index (χ2v) is 8.63. The van der Waals surface area contributed by atoms with Crippen molar-refractivity contribution in [3.8, 4) is 5.75 Å². The zero-order chi connectivity index (χ0) is 17.6. The fourth-order valence-electron chi connectivity index (χ4n) is 3.95. The summed E-state index contributed by atoms with van der Waals surface area (Å²) in [4.78, 5) is 12.4. The van der Waals surface area contributed by atoms with Crippen molar-refractivity contribution in [3.05, 3.63) is 58.5 Å². The minimum atomic E-state index is -3.55. The molecule has 6 nitrogen and oxygen atoms in total. The third-order valence-corrected chi connectivity index (χ3v) is 6.99. The summed E-state index contributed by atoms with van der Waals surface area (Å²) >= 11 is 0. The number of piperidine rings is 1. The predicted molar refractivity (Wildman–Crippen MR) is 93.3 cm³/mol. The Morgan fingerprint density at radius 2 is 1.80 bits per heavy atom. The van der Waals surface area contributed by atoms with E-state index < -0.39 is 10.0 Å². The summed E-state index contributed by atoms with van der Waals surface area (Å²) < 4.78 is 34.5. The first-order valence-corrected chi connectivity index (χ1v) is 9.77. The Bertz CT molecular complexity index is 950. The van der Waals surface area contributed by atoms with Gasteiger partial charge >= 0.3 is 0 Å². The average molecular weight is 360 g/mol. The monoisotopic (exact) mass is 360 g/mol. The summed E-state index contributed by atoms with van der Waals surface area (Å²) in [7, 11) is -2.00. The Morgan fingerprint density at radius 3 is 2.52 bits per heavy atom. The number of benzene rings is 1. The number of rotatable bonds is 3. The molecule has 0 unspecified atom stereocenters. The highest BCUT2D eigenvalue weighted by Crippen LogP contribution is 2.37. The molecule has 1 aromatic carbocycles. The Labute approximate surface area is 146 Å². The van der Waals surface area contributed by atoms with E-state index in [1.54, 1.807) is 52.4 Å². The van der Waals surface area contributed by atoms with Crippen molar-refractivity contribution in [2.45, 2.75) is 23.8 Å². The van der Waals surface area contributed by atoms with Gasteiger partial charge in [-0.3, -0.25) is 4.79 Å². The van der Waals surface area contributed by atoms with Crippen molar-refractivity contribution >= 4 is 10.0 Å². The third kappa shape index (κ3) is 2.77. The van der Waals surface area contributed by atoms with Gasteiger partial charge in [0.1, 0.15) is 5.75 Å². The van der Waals surface area contributed by atoms with E-state index in [-0.39, 0.29) is 22.3 Å². The van der Waals surface area contributed by atoms with Crippen LogP contribution in [-0.4, -0.2) is 37.5 Å². The van der Waals surface area contributed by atoms with E-state index in [0.717, 1.165) is 12.1 Å². The van der Waals surface area contributed by atoms with Gasteiger partial charge in [0.15, 0.2) is 0 Å². The number of pyridine rings is 1. The van der Waals surface area contributed by atoms with Crippen LogP contribution in [0.15, 0.2) is 52.2 Å². The lowest BCUT2D eigenvalue weighted by Gasteiger charge is -2.42. The maximum Gasteiger partial charge on any atom is 0.250 e. The van der Waals surface area contributed by atoms with E-state index in [1.807, 2.05) is 6.07 Å². The van der Waals surface area contributed by atoms with Gasteiger partial charge in [-0.25, -0.2) is 8.42 Å². The molecule has 1 saturated heterocycles. The fourth-order valence-corrected chi connectivity index (χ4v) is 5.51. The number of aromatic nitrogens is 1. The van der Waals surface area contributed by atoms with E-state index in [2.05, 4.69) is 0 Å². The Kier molecular flexibility index (Phi) is 3.92. The zero-order valence-electron chi connectivity index (χ0n) is 14.0. The lowest BCUT2D eigenvalue weighted by Crippen LogP contribution is -2.48. The minimum absolute atomic E-state index is 0.00124. The summed E-state index contributed by atoms with van der Waals surface area (Å²) in [6, 6.07) is 11.7. The van der Waals surface area contributed by atoms with Gasteiger partial charge in [-0.05, 0) is 42.7 Å². The molecule has 3 heterocycles. The number of hydrogen-bond acceptors (Lipinski definition) is 4. The van der Waals surface area contributed by atoms with Gasteiger partial charge < -0.3 is 9.30 Å². The molecule has 0 aliphatic carbocycles. The lowest BCUT2D eigenvalue weighted by molar-refractivity contribution is 0.186. The van der Waals surface area contributed by atoms with Crippen molar-refractivity contribution in [3.63, 3.8) is 0 Å². The Balaban J connectivity index is 1.66. The van der Waals surface area contributed by atoms with Crippen LogP contribution in [0.1, 0.15) is 18.0 Å². The second kappa shape index (κ2) is 6.00. The van der Waals surface area contributed by atoms with Crippen molar-refractivity contribution in [2.24, 2.45) is 5.92 Å². The molecule has 0 amide bonds. The largest absolute Gasteiger partial charge is 0.497 e. The number of fused-ring (bicyclic) bond motifs is 4. The van der Waals surface area contributed by atoms with Gasteiger partial charge in [-0.15, -0.1) is 0 Å². The standard InChI is InChI=1S/C18H20N2O4S/c1-24-15-5-7-16(8-6-15)25(22,23)19-10-13-9-14(12-19)17-3-2-4-18(21)20(17)11-13/h2-8,13-14H,9-12H2,1H3/t13-,14-/m0/s1. The van der Waals surface area contributed by atoms with Gasteiger partial charge in [0.25, 0.3) is 5.56 Å². The van der Waals surface area contributed by atoms with Crippen molar-refractivity contribution < 1.29 is 13.2 Å². The van der Waals surface area contributed by atoms with Crippen LogP contribution in [0.5, 0.6) is 5.75 Å². The predicted octanol–water partition coefficient (Wildman–Crippen LogP) is 1.66. The highest BCUT2D eigenvalue weighted by Gasteiger charge is 2.39. The Morgan fingerprint density at radius 1 is 1.04 bits per heavy atom. The maximum absolute atomic E-state index is 13.0. The first-order valence-electron chi connectivity index (χ1n) is 8.33. The van der Waals surface area contributed by atoms with Crippen LogP contribution >= 0.6 is 0 Å². The summed E-state index contributed by atoms with van der Waals surface area (Å²) in [5.41, 5.74) is 0.942. The highest BCUT2D eigenvalue weighted by molar-refractivity contribution is 7.89. The molecule has 7 heteroatoms. The van der Waals surface area contributed by atoms with Crippen LogP contribution in [0.3, 0.4) is 0 Å². The number of hydrogen-bond donors (Lipinski definition) is 0. The second-order valence-electron chi connectivity index (χ2n) is 6.70. The van der Waals surface area contributed by atoms with Crippen LogP contribution in [0.2, 0.25) is 0 Å². The van der Waals surface area contributed by atoms with E-state index in [1.165, 1.54) is 0 Å². The molecule has 2 aliphatic heterocycles. The molecule has 0 saturated carbocycles. The van der Waals surface area contributed by atoms with E-state index in [9.17, 15) is 13.2 Å². The SMILES string of the molecule is COc1ccc(S(=O)(=O)N2C[C@@H]3C[C@@H](C2)c2cccc(=O)n2C3)cc1. The molecule has 1 fully saturated rings. The molecular formula is C18H20N2O4S. The number of sulfonamides is 1. The first-order chi connectivity index (χ1) is 12.0. The molecule has 2 aromatic rings. The molecule has 0 spiro atoms. The van der Waals surface area contributed by atoms with E-state index in [4.69, 9.17) is 4.74 Å². The smallest absolute Gasteiger partial charge is 0.250 e. The van der Waals surface area contributed by atoms with Crippen LogP contribution in [0.4, 0.5) is 0 Å². The molecule has 2 aliphatic rings. The zero-order valence-corrected chi connectivity index (χ0v) is 14.8. The highest BCUT2D eigenvalue weighted by atomic mass is 32.2. The molecule has 1 aromatic heterocycles. The van der Waals surface area contributed by atoms with E-state index in [0.29, 0.717) is 25.4 Å². The van der Waals surface area contributed by atoms with E-state index >= 15 is 0 Å². The van der Waals surface area contributed by atoms with Crippen molar-refractivity contribution in [1.82, 2.24) is 8.87 Å². The van der Waals surface area contributed by atoms with Gasteiger partial charge in [0, 0.05) is 37.3 Å². The number of nitrogens with zero attached hydrogens (tertiary/aromatic N) is 2. The van der Waals surface area contributed by atoms with Gasteiger partial charge in [0.05, 0.1) is 12.0 Å². The molecule has 2 atom stereocenters. The van der Waals surface area contributed by atoms with Crippen LogP contribution in [-0.2, 0) is 16.6 Å². The normalized spacial score (nSPS) is 23.1. The number of methoxy groups -OCH3 is 1. The van der Waals surface area contributed by atoms with Gasteiger partial charge in [-0.1, -0.05) is 6.07 Å². The molecule has 2 bridgehead atoms. The molecule has 4 rings (SSSR count). The first kappa shape index (κ1) is 16.4.